The molecule has 1 amide bonds. The van der Waals surface area contributed by atoms with Crippen LogP contribution in [0.4, 0.5) is 11.4 Å². The number of carbonyl (C=O) groups excluding carboxylic acids is 1. The molecule has 0 aliphatic carbocycles. The third-order valence-electron chi connectivity index (χ3n) is 3.72. The maximum atomic E-state index is 12.3. The van der Waals surface area contributed by atoms with E-state index in [2.05, 4.69) is 10.4 Å². The first kappa shape index (κ1) is 16.4. The van der Waals surface area contributed by atoms with E-state index in [1.54, 1.807) is 12.1 Å². The molecule has 3 aromatic rings. The van der Waals surface area contributed by atoms with E-state index < -0.39 is 4.92 Å². The predicted molar refractivity (Wildman–Crippen MR) is 94.1 cm³/mol. The SMILES string of the molecule is Cc1cc(C)n(-c2ccc(C(=O)Nc3ccc([N+](=O)[O-])cc3)cc2)n1. The summed E-state index contributed by atoms with van der Waals surface area (Å²) < 4.78 is 1.81. The lowest BCUT2D eigenvalue weighted by Crippen LogP contribution is -2.12. The second-order valence-electron chi connectivity index (χ2n) is 5.64. The smallest absolute Gasteiger partial charge is 0.269 e. The van der Waals surface area contributed by atoms with E-state index in [4.69, 9.17) is 0 Å². The van der Waals surface area contributed by atoms with Crippen molar-refractivity contribution in [2.75, 3.05) is 5.32 Å². The van der Waals surface area contributed by atoms with E-state index in [9.17, 15) is 14.9 Å². The van der Waals surface area contributed by atoms with Gasteiger partial charge in [0.15, 0.2) is 0 Å². The van der Waals surface area contributed by atoms with Crippen molar-refractivity contribution in [2.45, 2.75) is 13.8 Å². The number of aryl methyl sites for hydroxylation is 2. The average Bonchev–Trinajstić information content (AvgIpc) is 2.94. The number of nitrogens with zero attached hydrogens (tertiary/aromatic N) is 3. The Morgan fingerprint density at radius 3 is 2.24 bits per heavy atom. The van der Waals surface area contributed by atoms with Crippen LogP contribution in [0.5, 0.6) is 0 Å². The lowest BCUT2D eigenvalue weighted by atomic mass is 10.2. The lowest BCUT2D eigenvalue weighted by Gasteiger charge is -2.07. The highest BCUT2D eigenvalue weighted by molar-refractivity contribution is 6.04. The van der Waals surface area contributed by atoms with Crippen molar-refractivity contribution in [1.29, 1.82) is 0 Å². The van der Waals surface area contributed by atoms with Crippen molar-refractivity contribution in [3.05, 3.63) is 81.7 Å². The molecular weight excluding hydrogens is 320 g/mol. The Kier molecular flexibility index (Phi) is 4.30. The molecule has 0 bridgehead atoms. The van der Waals surface area contributed by atoms with E-state index >= 15 is 0 Å². The molecule has 1 aromatic heterocycles. The maximum absolute atomic E-state index is 12.3. The van der Waals surface area contributed by atoms with Crippen molar-refractivity contribution in [3.8, 4) is 5.69 Å². The number of nitrogens with one attached hydrogen (secondary N) is 1. The van der Waals surface area contributed by atoms with Gasteiger partial charge in [-0.15, -0.1) is 0 Å². The zero-order chi connectivity index (χ0) is 18.0. The van der Waals surface area contributed by atoms with Crippen LogP contribution < -0.4 is 5.32 Å². The first-order valence-electron chi connectivity index (χ1n) is 7.63. The number of non-ortho nitro benzene ring substituents is 1. The van der Waals surface area contributed by atoms with E-state index in [-0.39, 0.29) is 11.6 Å². The Bertz CT molecular complexity index is 928. The first-order chi connectivity index (χ1) is 11.9. The van der Waals surface area contributed by atoms with Gasteiger partial charge in [-0.2, -0.15) is 5.10 Å². The van der Waals surface area contributed by atoms with Gasteiger partial charge in [0.25, 0.3) is 11.6 Å². The third kappa shape index (κ3) is 3.55. The van der Waals surface area contributed by atoms with Gasteiger partial charge in [0.05, 0.1) is 16.3 Å². The second kappa shape index (κ2) is 6.56. The Morgan fingerprint density at radius 1 is 1.08 bits per heavy atom. The molecule has 3 rings (SSSR count). The summed E-state index contributed by atoms with van der Waals surface area (Å²) >= 11 is 0. The van der Waals surface area contributed by atoms with E-state index in [1.165, 1.54) is 24.3 Å². The van der Waals surface area contributed by atoms with Gasteiger partial charge in [-0.1, -0.05) is 0 Å². The highest BCUT2D eigenvalue weighted by atomic mass is 16.6. The Morgan fingerprint density at radius 2 is 1.72 bits per heavy atom. The molecule has 0 saturated carbocycles. The molecular formula is C18H16N4O3. The molecule has 7 heteroatoms. The van der Waals surface area contributed by atoms with Crippen molar-refractivity contribution < 1.29 is 9.72 Å². The summed E-state index contributed by atoms with van der Waals surface area (Å²) in [5.41, 5.74) is 3.78. The van der Waals surface area contributed by atoms with Crippen LogP contribution in [0.3, 0.4) is 0 Å². The number of nitro groups is 1. The van der Waals surface area contributed by atoms with Gasteiger partial charge in [-0.3, -0.25) is 14.9 Å². The molecule has 2 aromatic carbocycles. The Labute approximate surface area is 144 Å². The molecule has 0 aliphatic heterocycles. The highest BCUT2D eigenvalue weighted by Crippen LogP contribution is 2.17. The summed E-state index contributed by atoms with van der Waals surface area (Å²) in [6.07, 6.45) is 0. The summed E-state index contributed by atoms with van der Waals surface area (Å²) in [4.78, 5) is 22.4. The fourth-order valence-electron chi connectivity index (χ4n) is 2.51. The number of benzene rings is 2. The fraction of sp³-hybridized carbons (Fsp3) is 0.111. The molecule has 0 spiro atoms. The number of rotatable bonds is 4. The largest absolute Gasteiger partial charge is 0.322 e. The Balaban J connectivity index is 1.74. The van der Waals surface area contributed by atoms with Crippen LogP contribution >= 0.6 is 0 Å². The molecule has 0 fully saturated rings. The number of carbonyl (C=O) groups is 1. The molecule has 0 atom stereocenters. The monoisotopic (exact) mass is 336 g/mol. The number of hydrogen-bond acceptors (Lipinski definition) is 4. The van der Waals surface area contributed by atoms with Crippen LogP contribution in [0.15, 0.2) is 54.6 Å². The number of hydrogen-bond donors (Lipinski definition) is 1. The van der Waals surface area contributed by atoms with Gasteiger partial charge in [-0.25, -0.2) is 4.68 Å². The summed E-state index contributed by atoms with van der Waals surface area (Å²) in [6, 6.07) is 14.8. The normalized spacial score (nSPS) is 10.5. The number of nitro benzene ring substituents is 1. The van der Waals surface area contributed by atoms with Crippen molar-refractivity contribution in [1.82, 2.24) is 9.78 Å². The number of anilines is 1. The van der Waals surface area contributed by atoms with Crippen molar-refractivity contribution >= 4 is 17.3 Å². The van der Waals surface area contributed by atoms with Gasteiger partial charge in [-0.05, 0) is 56.3 Å². The summed E-state index contributed by atoms with van der Waals surface area (Å²) in [5, 5.41) is 17.8. The van der Waals surface area contributed by atoms with Crippen molar-refractivity contribution in [2.24, 2.45) is 0 Å². The molecule has 0 saturated heterocycles. The minimum atomic E-state index is -0.483. The van der Waals surface area contributed by atoms with E-state index in [1.807, 2.05) is 36.7 Å². The van der Waals surface area contributed by atoms with Crippen LogP contribution in [0.2, 0.25) is 0 Å². The molecule has 1 heterocycles. The zero-order valence-electron chi connectivity index (χ0n) is 13.8. The molecule has 25 heavy (non-hydrogen) atoms. The van der Waals surface area contributed by atoms with Crippen LogP contribution in [0.25, 0.3) is 5.69 Å². The van der Waals surface area contributed by atoms with Gasteiger partial charge in [0.2, 0.25) is 0 Å². The summed E-state index contributed by atoms with van der Waals surface area (Å²) in [6.45, 7) is 3.89. The quantitative estimate of drug-likeness (QED) is 0.581. The van der Waals surface area contributed by atoms with E-state index in [0.717, 1.165) is 17.1 Å². The highest BCUT2D eigenvalue weighted by Gasteiger charge is 2.10. The van der Waals surface area contributed by atoms with E-state index in [0.29, 0.717) is 11.3 Å². The predicted octanol–water partition coefficient (Wildman–Crippen LogP) is 3.65. The molecule has 0 aliphatic rings. The molecule has 0 unspecified atom stereocenters. The number of aromatic nitrogens is 2. The summed E-state index contributed by atoms with van der Waals surface area (Å²) in [5.74, 6) is -0.284. The minimum absolute atomic E-state index is 0.0211. The summed E-state index contributed by atoms with van der Waals surface area (Å²) in [7, 11) is 0. The molecule has 0 radical (unpaired) electrons. The van der Waals surface area contributed by atoms with Crippen LogP contribution in [0.1, 0.15) is 21.7 Å². The van der Waals surface area contributed by atoms with Crippen LogP contribution in [-0.2, 0) is 0 Å². The minimum Gasteiger partial charge on any atom is -0.322 e. The van der Waals surface area contributed by atoms with Crippen LogP contribution in [-0.4, -0.2) is 20.6 Å². The third-order valence-corrected chi connectivity index (χ3v) is 3.72. The van der Waals surface area contributed by atoms with Gasteiger partial charge in [0.1, 0.15) is 0 Å². The molecule has 126 valence electrons. The standard InChI is InChI=1S/C18H16N4O3/c1-12-11-13(2)21(20-12)16-7-3-14(4-8-16)18(23)19-15-5-9-17(10-6-15)22(24)25/h3-11H,1-2H3,(H,19,23). The maximum Gasteiger partial charge on any atom is 0.269 e. The molecule has 1 N–H and O–H groups in total. The fourth-order valence-corrected chi connectivity index (χ4v) is 2.51. The van der Waals surface area contributed by atoms with Crippen molar-refractivity contribution in [3.63, 3.8) is 0 Å². The second-order valence-corrected chi connectivity index (χ2v) is 5.64. The van der Waals surface area contributed by atoms with Crippen LogP contribution in [0, 0.1) is 24.0 Å². The zero-order valence-corrected chi connectivity index (χ0v) is 13.8. The lowest BCUT2D eigenvalue weighted by molar-refractivity contribution is -0.384. The average molecular weight is 336 g/mol. The number of amides is 1. The van der Waals surface area contributed by atoms with Gasteiger partial charge >= 0.3 is 0 Å². The first-order valence-corrected chi connectivity index (χ1v) is 7.63. The van der Waals surface area contributed by atoms with Gasteiger partial charge < -0.3 is 5.32 Å². The Hall–Kier alpha value is -3.48. The topological polar surface area (TPSA) is 90.1 Å². The molecule has 7 nitrogen and oxygen atoms in total. The van der Waals surface area contributed by atoms with Gasteiger partial charge in [0, 0.05) is 29.1 Å².